The van der Waals surface area contributed by atoms with Crippen molar-refractivity contribution in [1.82, 2.24) is 10.1 Å². The lowest BCUT2D eigenvalue weighted by atomic mass is 10.1. The lowest BCUT2D eigenvalue weighted by molar-refractivity contribution is 0.0732. The Morgan fingerprint density at radius 2 is 1.77 bits per heavy atom. The Kier molecular flexibility index (Phi) is 5.66. The van der Waals surface area contributed by atoms with E-state index >= 15 is 0 Å². The number of amides is 2. The molecule has 0 spiro atoms. The molecule has 31 heavy (non-hydrogen) atoms. The number of anilines is 1. The van der Waals surface area contributed by atoms with Crippen LogP contribution >= 0.6 is 0 Å². The number of rotatable bonds is 6. The van der Waals surface area contributed by atoms with E-state index in [1.807, 2.05) is 49.4 Å². The molecule has 0 bridgehead atoms. The Hall–Kier alpha value is -4.13. The highest BCUT2D eigenvalue weighted by molar-refractivity contribution is 6.04. The molecule has 156 valence electrons. The fourth-order valence-corrected chi connectivity index (χ4v) is 3.16. The molecule has 0 aliphatic carbocycles. The summed E-state index contributed by atoms with van der Waals surface area (Å²) in [4.78, 5) is 26.9. The summed E-state index contributed by atoms with van der Waals surface area (Å²) in [5.41, 5.74) is 2.29. The first-order valence-electron chi connectivity index (χ1n) is 9.77. The maximum absolute atomic E-state index is 12.9. The van der Waals surface area contributed by atoms with Gasteiger partial charge in [-0.05, 0) is 48.9 Å². The van der Waals surface area contributed by atoms with Gasteiger partial charge >= 0.3 is 0 Å². The van der Waals surface area contributed by atoms with Crippen molar-refractivity contribution in [2.45, 2.75) is 13.0 Å². The number of benzene rings is 2. The molecule has 0 aliphatic heterocycles. The third kappa shape index (κ3) is 4.40. The Morgan fingerprint density at radius 3 is 2.52 bits per heavy atom. The van der Waals surface area contributed by atoms with Gasteiger partial charge in [0.2, 0.25) is 5.76 Å². The zero-order chi connectivity index (χ0) is 21.8. The van der Waals surface area contributed by atoms with Crippen LogP contribution in [0.4, 0.5) is 5.69 Å². The molecule has 2 amide bonds. The number of hydrogen-bond donors (Lipinski definition) is 1. The van der Waals surface area contributed by atoms with E-state index in [2.05, 4.69) is 10.5 Å². The maximum Gasteiger partial charge on any atom is 0.276 e. The molecule has 1 atom stereocenters. The quantitative estimate of drug-likeness (QED) is 0.478. The zero-order valence-electron chi connectivity index (χ0n) is 17.1. The van der Waals surface area contributed by atoms with Crippen molar-refractivity contribution < 1.29 is 18.5 Å². The Balaban J connectivity index is 1.47. The van der Waals surface area contributed by atoms with E-state index in [0.29, 0.717) is 22.8 Å². The van der Waals surface area contributed by atoms with Crippen LogP contribution in [0, 0.1) is 0 Å². The molecule has 7 nitrogen and oxygen atoms in total. The molecule has 0 saturated carbocycles. The second-order valence-electron chi connectivity index (χ2n) is 7.09. The fourth-order valence-electron chi connectivity index (χ4n) is 3.16. The van der Waals surface area contributed by atoms with Crippen LogP contribution in [0.1, 0.15) is 39.4 Å². The highest BCUT2D eigenvalue weighted by Crippen LogP contribution is 2.25. The summed E-state index contributed by atoms with van der Waals surface area (Å²) in [7, 11) is 1.70. The van der Waals surface area contributed by atoms with Crippen molar-refractivity contribution in [2.75, 3.05) is 12.4 Å². The fraction of sp³-hybridized carbons (Fsp3) is 0.125. The molecule has 7 heteroatoms. The van der Waals surface area contributed by atoms with Gasteiger partial charge < -0.3 is 19.2 Å². The summed E-state index contributed by atoms with van der Waals surface area (Å²) in [5, 5.41) is 6.77. The van der Waals surface area contributed by atoms with Gasteiger partial charge in [-0.15, -0.1) is 0 Å². The maximum atomic E-state index is 12.9. The number of nitrogens with zero attached hydrogens (tertiary/aromatic N) is 2. The monoisotopic (exact) mass is 415 g/mol. The number of nitrogens with one attached hydrogen (secondary N) is 1. The van der Waals surface area contributed by atoms with E-state index in [-0.39, 0.29) is 23.6 Å². The number of carbonyl (C=O) groups is 2. The minimum atomic E-state index is -0.284. The van der Waals surface area contributed by atoms with Crippen LogP contribution in [-0.2, 0) is 0 Å². The first-order valence-corrected chi connectivity index (χ1v) is 9.77. The number of furan rings is 1. The summed E-state index contributed by atoms with van der Waals surface area (Å²) < 4.78 is 10.5. The second-order valence-corrected chi connectivity index (χ2v) is 7.09. The van der Waals surface area contributed by atoms with Crippen molar-refractivity contribution in [1.29, 1.82) is 0 Å². The Morgan fingerprint density at radius 1 is 0.968 bits per heavy atom. The molecule has 0 radical (unpaired) electrons. The predicted octanol–water partition coefficient (Wildman–Crippen LogP) is 5.02. The SMILES string of the molecule is CC(c1cccc(NC(=O)c2ccccc2)c1)N(C)C(=O)c1cc(-c2ccco2)on1. The zero-order valence-corrected chi connectivity index (χ0v) is 17.1. The van der Waals surface area contributed by atoms with Crippen molar-refractivity contribution in [2.24, 2.45) is 0 Å². The van der Waals surface area contributed by atoms with Gasteiger partial charge in [0.15, 0.2) is 11.5 Å². The van der Waals surface area contributed by atoms with Crippen LogP contribution in [0.25, 0.3) is 11.5 Å². The van der Waals surface area contributed by atoms with Gasteiger partial charge in [-0.2, -0.15) is 0 Å². The van der Waals surface area contributed by atoms with Gasteiger partial charge in [0.1, 0.15) is 0 Å². The molecule has 0 saturated heterocycles. The van der Waals surface area contributed by atoms with Gasteiger partial charge in [0.25, 0.3) is 11.8 Å². The van der Waals surface area contributed by atoms with E-state index in [4.69, 9.17) is 8.94 Å². The van der Waals surface area contributed by atoms with Crippen molar-refractivity contribution in [3.05, 3.63) is 95.9 Å². The number of carbonyl (C=O) groups excluding carboxylic acids is 2. The van der Waals surface area contributed by atoms with Crippen LogP contribution in [0.2, 0.25) is 0 Å². The standard InChI is InChI=1S/C24H21N3O4/c1-16(27(2)24(29)20-15-22(31-26-20)21-12-7-13-30-21)18-10-6-11-19(14-18)25-23(28)17-8-4-3-5-9-17/h3-16H,1-2H3,(H,25,28). The van der Waals surface area contributed by atoms with Crippen molar-refractivity contribution in [3.8, 4) is 11.5 Å². The van der Waals surface area contributed by atoms with Crippen LogP contribution in [0.5, 0.6) is 0 Å². The summed E-state index contributed by atoms with van der Waals surface area (Å²) in [6.07, 6.45) is 1.52. The molecule has 0 aliphatic rings. The molecule has 4 aromatic rings. The summed E-state index contributed by atoms with van der Waals surface area (Å²) in [5.74, 6) is 0.416. The van der Waals surface area contributed by atoms with Gasteiger partial charge in [-0.3, -0.25) is 9.59 Å². The van der Waals surface area contributed by atoms with Gasteiger partial charge in [-0.1, -0.05) is 35.5 Å². The molecule has 4 rings (SSSR count). The predicted molar refractivity (Wildman–Crippen MR) is 116 cm³/mol. The molecule has 2 aromatic carbocycles. The average molecular weight is 415 g/mol. The third-order valence-electron chi connectivity index (χ3n) is 5.06. The number of hydrogen-bond acceptors (Lipinski definition) is 5. The van der Waals surface area contributed by atoms with Gasteiger partial charge in [0, 0.05) is 24.4 Å². The average Bonchev–Trinajstić information content (AvgIpc) is 3.50. The highest BCUT2D eigenvalue weighted by atomic mass is 16.5. The lowest BCUT2D eigenvalue weighted by Gasteiger charge is -2.25. The topological polar surface area (TPSA) is 88.6 Å². The minimum Gasteiger partial charge on any atom is -0.461 e. The molecule has 1 N–H and O–H groups in total. The summed E-state index contributed by atoms with van der Waals surface area (Å²) in [6.45, 7) is 1.91. The normalized spacial score (nSPS) is 11.7. The van der Waals surface area contributed by atoms with E-state index in [1.165, 1.54) is 6.26 Å². The van der Waals surface area contributed by atoms with Crippen LogP contribution in [0.15, 0.2) is 88.0 Å². The first kappa shape index (κ1) is 20.2. The molecule has 1 unspecified atom stereocenters. The van der Waals surface area contributed by atoms with Crippen LogP contribution in [-0.4, -0.2) is 28.9 Å². The molecular formula is C24H21N3O4. The number of aromatic nitrogens is 1. The second kappa shape index (κ2) is 8.71. The van der Waals surface area contributed by atoms with E-state index < -0.39 is 0 Å². The summed E-state index contributed by atoms with van der Waals surface area (Å²) in [6, 6.07) is 21.2. The molecule has 2 aromatic heterocycles. The summed E-state index contributed by atoms with van der Waals surface area (Å²) >= 11 is 0. The van der Waals surface area contributed by atoms with Crippen LogP contribution < -0.4 is 5.32 Å². The first-order chi connectivity index (χ1) is 15.0. The van der Waals surface area contributed by atoms with Crippen LogP contribution in [0.3, 0.4) is 0 Å². The Labute approximate surface area is 179 Å². The smallest absolute Gasteiger partial charge is 0.276 e. The largest absolute Gasteiger partial charge is 0.461 e. The van der Waals surface area contributed by atoms with E-state index in [1.54, 1.807) is 42.3 Å². The lowest BCUT2D eigenvalue weighted by Crippen LogP contribution is -2.30. The van der Waals surface area contributed by atoms with Gasteiger partial charge in [0.05, 0.1) is 12.3 Å². The minimum absolute atomic E-state index is 0.189. The Bertz CT molecular complexity index is 1180. The van der Waals surface area contributed by atoms with Gasteiger partial charge in [-0.25, -0.2) is 0 Å². The van der Waals surface area contributed by atoms with E-state index in [0.717, 1.165) is 5.56 Å². The third-order valence-corrected chi connectivity index (χ3v) is 5.06. The molecule has 2 heterocycles. The van der Waals surface area contributed by atoms with Crippen molar-refractivity contribution in [3.63, 3.8) is 0 Å². The molecular weight excluding hydrogens is 394 g/mol. The molecule has 0 fully saturated rings. The van der Waals surface area contributed by atoms with Crippen molar-refractivity contribution >= 4 is 17.5 Å². The highest BCUT2D eigenvalue weighted by Gasteiger charge is 2.23. The van der Waals surface area contributed by atoms with E-state index in [9.17, 15) is 9.59 Å².